The minimum Gasteiger partial charge on any atom is -0.513 e. The molecule has 0 saturated carbocycles. The van der Waals surface area contributed by atoms with Gasteiger partial charge in [-0.25, -0.2) is 0 Å². The summed E-state index contributed by atoms with van der Waals surface area (Å²) in [4.78, 5) is 0. The second kappa shape index (κ2) is 6.84. The molecular formula is C18H20O3. The van der Waals surface area contributed by atoms with E-state index in [9.17, 15) is 5.11 Å². The first kappa shape index (κ1) is 15.0. The van der Waals surface area contributed by atoms with E-state index in [4.69, 9.17) is 9.47 Å². The van der Waals surface area contributed by atoms with Gasteiger partial charge in [0.15, 0.2) is 0 Å². The fourth-order valence-electron chi connectivity index (χ4n) is 2.35. The molecule has 110 valence electrons. The molecule has 0 atom stereocenters. The number of methoxy groups -OCH3 is 2. The molecule has 2 aromatic carbocycles. The van der Waals surface area contributed by atoms with Gasteiger partial charge in [-0.1, -0.05) is 36.9 Å². The normalized spacial score (nSPS) is 10.2. The molecule has 0 amide bonds. The van der Waals surface area contributed by atoms with Crippen molar-refractivity contribution < 1.29 is 14.6 Å². The molecule has 3 nitrogen and oxygen atoms in total. The molecule has 2 rings (SSSR count). The summed E-state index contributed by atoms with van der Waals surface area (Å²) in [5.74, 6) is 1.64. The molecule has 0 unspecified atom stereocenters. The van der Waals surface area contributed by atoms with E-state index in [1.54, 1.807) is 14.2 Å². The number of hydrogen-bond donors (Lipinski definition) is 1. The van der Waals surface area contributed by atoms with Crippen molar-refractivity contribution in [2.45, 2.75) is 12.8 Å². The second-order valence-corrected chi connectivity index (χ2v) is 4.88. The predicted octanol–water partition coefficient (Wildman–Crippen LogP) is 3.91. The number of hydrogen-bond acceptors (Lipinski definition) is 3. The Bertz CT molecular complexity index is 593. The maximum absolute atomic E-state index is 9.36. The minimum atomic E-state index is 0.120. The molecule has 0 spiro atoms. The van der Waals surface area contributed by atoms with Gasteiger partial charge in [-0.2, -0.15) is 0 Å². The van der Waals surface area contributed by atoms with Gasteiger partial charge in [0.05, 0.1) is 20.0 Å². The van der Waals surface area contributed by atoms with Crippen molar-refractivity contribution in [2.24, 2.45) is 0 Å². The summed E-state index contributed by atoms with van der Waals surface area (Å²) in [6.45, 7) is 3.53. The Labute approximate surface area is 125 Å². The molecule has 0 heterocycles. The Kier molecular flexibility index (Phi) is 4.88. The molecule has 0 saturated heterocycles. The van der Waals surface area contributed by atoms with Crippen LogP contribution in [-0.2, 0) is 12.8 Å². The Morgan fingerprint density at radius 1 is 1.00 bits per heavy atom. The van der Waals surface area contributed by atoms with Gasteiger partial charge in [-0.05, 0) is 23.3 Å². The largest absolute Gasteiger partial charge is 0.513 e. The first-order valence-corrected chi connectivity index (χ1v) is 6.78. The lowest BCUT2D eigenvalue weighted by Crippen LogP contribution is -2.01. The lowest BCUT2D eigenvalue weighted by Gasteiger charge is -2.15. The Morgan fingerprint density at radius 2 is 1.57 bits per heavy atom. The van der Waals surface area contributed by atoms with Gasteiger partial charge in [-0.15, -0.1) is 0 Å². The zero-order chi connectivity index (χ0) is 15.2. The Hall–Kier alpha value is -2.42. The maximum Gasteiger partial charge on any atom is 0.126 e. The van der Waals surface area contributed by atoms with Crippen LogP contribution in [0.2, 0.25) is 0 Å². The van der Waals surface area contributed by atoms with Crippen LogP contribution in [-0.4, -0.2) is 19.3 Å². The highest BCUT2D eigenvalue weighted by molar-refractivity contribution is 5.50. The zero-order valence-corrected chi connectivity index (χ0v) is 12.4. The Morgan fingerprint density at radius 3 is 2.05 bits per heavy atom. The summed E-state index contributed by atoms with van der Waals surface area (Å²) in [7, 11) is 3.28. The summed E-state index contributed by atoms with van der Waals surface area (Å²) >= 11 is 0. The average Bonchev–Trinajstić information content (AvgIpc) is 2.48. The van der Waals surface area contributed by atoms with Gasteiger partial charge in [-0.3, -0.25) is 0 Å². The molecule has 0 radical (unpaired) electrons. The van der Waals surface area contributed by atoms with Crippen molar-refractivity contribution in [2.75, 3.05) is 14.2 Å². The van der Waals surface area contributed by atoms with Crippen LogP contribution < -0.4 is 9.47 Å². The lowest BCUT2D eigenvalue weighted by atomic mass is 9.99. The van der Waals surface area contributed by atoms with Crippen LogP contribution in [0.3, 0.4) is 0 Å². The van der Waals surface area contributed by atoms with E-state index >= 15 is 0 Å². The van der Waals surface area contributed by atoms with Crippen LogP contribution in [0.25, 0.3) is 0 Å². The van der Waals surface area contributed by atoms with Crippen molar-refractivity contribution in [1.82, 2.24) is 0 Å². The first-order valence-electron chi connectivity index (χ1n) is 6.78. The number of benzene rings is 2. The second-order valence-electron chi connectivity index (χ2n) is 4.88. The van der Waals surface area contributed by atoms with Crippen LogP contribution in [0.15, 0.2) is 54.8 Å². The van der Waals surface area contributed by atoms with Crippen molar-refractivity contribution in [3.05, 3.63) is 71.5 Å². The fraction of sp³-hybridized carbons (Fsp3) is 0.222. The number of ether oxygens (including phenoxy) is 2. The smallest absolute Gasteiger partial charge is 0.126 e. The first-order chi connectivity index (χ1) is 10.1. The standard InChI is InChI=1S/C18H20O3/c1-13(19)9-15-11-17(20-2)16(18(12-15)21-3)10-14-7-5-4-6-8-14/h4-8,11-12,19H,1,9-10H2,2-3H3. The summed E-state index contributed by atoms with van der Waals surface area (Å²) in [5.41, 5.74) is 3.10. The number of rotatable bonds is 6. The molecule has 0 bridgehead atoms. The van der Waals surface area contributed by atoms with Crippen molar-refractivity contribution >= 4 is 0 Å². The van der Waals surface area contributed by atoms with Crippen molar-refractivity contribution in [3.8, 4) is 11.5 Å². The van der Waals surface area contributed by atoms with Crippen LogP contribution in [0.5, 0.6) is 11.5 Å². The monoisotopic (exact) mass is 284 g/mol. The van der Waals surface area contributed by atoms with E-state index in [0.717, 1.165) is 29.0 Å². The molecule has 2 aromatic rings. The van der Waals surface area contributed by atoms with E-state index in [0.29, 0.717) is 6.42 Å². The number of allylic oxidation sites excluding steroid dienone is 1. The molecule has 0 aliphatic heterocycles. The third-order valence-corrected chi connectivity index (χ3v) is 3.30. The predicted molar refractivity (Wildman–Crippen MR) is 84.3 cm³/mol. The Balaban J connectivity index is 2.41. The maximum atomic E-state index is 9.36. The molecule has 21 heavy (non-hydrogen) atoms. The highest BCUT2D eigenvalue weighted by atomic mass is 16.5. The van der Waals surface area contributed by atoms with E-state index in [-0.39, 0.29) is 5.76 Å². The summed E-state index contributed by atoms with van der Waals surface area (Å²) < 4.78 is 11.0. The molecule has 0 aliphatic carbocycles. The minimum absolute atomic E-state index is 0.120. The molecule has 0 fully saturated rings. The van der Waals surface area contributed by atoms with E-state index in [1.165, 1.54) is 5.56 Å². The van der Waals surface area contributed by atoms with Gasteiger partial charge in [0.2, 0.25) is 0 Å². The highest BCUT2D eigenvalue weighted by Crippen LogP contribution is 2.33. The SMILES string of the molecule is C=C(O)Cc1cc(OC)c(Cc2ccccc2)c(OC)c1. The highest BCUT2D eigenvalue weighted by Gasteiger charge is 2.13. The molecule has 3 heteroatoms. The molecule has 0 aromatic heterocycles. The topological polar surface area (TPSA) is 38.7 Å². The van der Waals surface area contributed by atoms with Gasteiger partial charge >= 0.3 is 0 Å². The van der Waals surface area contributed by atoms with Crippen LogP contribution in [0.1, 0.15) is 16.7 Å². The lowest BCUT2D eigenvalue weighted by molar-refractivity contribution is 0.383. The summed E-state index contributed by atoms with van der Waals surface area (Å²) in [5, 5.41) is 9.36. The fourth-order valence-corrected chi connectivity index (χ4v) is 2.35. The van der Waals surface area contributed by atoms with Crippen LogP contribution in [0.4, 0.5) is 0 Å². The van der Waals surface area contributed by atoms with E-state index < -0.39 is 0 Å². The van der Waals surface area contributed by atoms with Gasteiger partial charge in [0.25, 0.3) is 0 Å². The molecular weight excluding hydrogens is 264 g/mol. The molecule has 0 aliphatic rings. The summed E-state index contributed by atoms with van der Waals surface area (Å²) in [6, 6.07) is 14.0. The average molecular weight is 284 g/mol. The number of aliphatic hydroxyl groups excluding tert-OH is 1. The summed E-state index contributed by atoms with van der Waals surface area (Å²) in [6.07, 6.45) is 1.12. The van der Waals surface area contributed by atoms with Crippen LogP contribution in [0, 0.1) is 0 Å². The third kappa shape index (κ3) is 3.78. The molecule has 1 N–H and O–H groups in total. The van der Waals surface area contributed by atoms with Crippen molar-refractivity contribution in [3.63, 3.8) is 0 Å². The number of aliphatic hydroxyl groups is 1. The van der Waals surface area contributed by atoms with E-state index in [2.05, 4.69) is 18.7 Å². The van der Waals surface area contributed by atoms with Gasteiger partial charge in [0, 0.05) is 18.4 Å². The zero-order valence-electron chi connectivity index (χ0n) is 12.4. The quantitative estimate of drug-likeness (QED) is 0.817. The third-order valence-electron chi connectivity index (χ3n) is 3.30. The van der Waals surface area contributed by atoms with E-state index in [1.807, 2.05) is 30.3 Å². The van der Waals surface area contributed by atoms with Crippen molar-refractivity contribution in [1.29, 1.82) is 0 Å². The van der Waals surface area contributed by atoms with Gasteiger partial charge in [0.1, 0.15) is 11.5 Å². The van der Waals surface area contributed by atoms with Crippen LogP contribution >= 0.6 is 0 Å². The van der Waals surface area contributed by atoms with Gasteiger partial charge < -0.3 is 14.6 Å².